The van der Waals surface area contributed by atoms with E-state index in [2.05, 4.69) is 23.6 Å². The van der Waals surface area contributed by atoms with Gasteiger partial charge in [-0.2, -0.15) is 8.62 Å². The number of nitrogen functional groups attached to an aromatic ring is 1. The molecule has 0 radical (unpaired) electrons. The van der Waals surface area contributed by atoms with E-state index in [4.69, 9.17) is 29.5 Å². The molecule has 2 unspecified atom stereocenters. The van der Waals surface area contributed by atoms with Gasteiger partial charge in [-0.05, 0) is 6.92 Å². The first kappa shape index (κ1) is 26.2. The smallest absolute Gasteiger partial charge is 0.386 e. The molecule has 33 heavy (non-hydrogen) atoms. The first-order valence-electron chi connectivity index (χ1n) is 8.89. The first-order valence-corrected chi connectivity index (χ1v) is 13.4. The number of aliphatic hydroxyl groups excluding tert-OH is 1. The van der Waals surface area contributed by atoms with Crippen LogP contribution in [0.25, 0.3) is 11.2 Å². The zero-order valence-electron chi connectivity index (χ0n) is 16.6. The molecular weight excluding hydrogens is 515 g/mol. The Bertz CT molecular complexity index is 1140. The molecule has 186 valence electrons. The maximum absolute atomic E-state index is 12.3. The van der Waals surface area contributed by atoms with Gasteiger partial charge in [0.05, 0.1) is 12.9 Å². The monoisotopic (exact) mass is 535 g/mol. The summed E-state index contributed by atoms with van der Waals surface area (Å²) in [6.07, 6.45) is -3.57. The van der Waals surface area contributed by atoms with E-state index in [1.165, 1.54) is 10.9 Å². The second-order valence-corrected chi connectivity index (χ2v) is 10.8. The molecule has 1 aliphatic heterocycles. The van der Waals surface area contributed by atoms with Crippen molar-refractivity contribution in [2.24, 2.45) is 0 Å². The van der Waals surface area contributed by atoms with Crippen LogP contribution in [0.15, 0.2) is 12.7 Å². The number of hydrogen-bond donors (Lipinski definition) is 6. The fourth-order valence-electron chi connectivity index (χ4n) is 2.96. The molecule has 3 heterocycles. The van der Waals surface area contributed by atoms with Gasteiger partial charge in [0.15, 0.2) is 17.7 Å². The Morgan fingerprint density at radius 3 is 2.45 bits per heavy atom. The molecule has 0 saturated carbocycles. The van der Waals surface area contributed by atoms with Crippen molar-refractivity contribution in [2.45, 2.75) is 31.5 Å². The van der Waals surface area contributed by atoms with Crippen LogP contribution in [0.2, 0.25) is 0 Å². The molecule has 7 N–H and O–H groups in total. The number of phosphoric ester groups is 1. The summed E-state index contributed by atoms with van der Waals surface area (Å²) < 4.78 is 59.0. The molecule has 21 heteroatoms. The minimum Gasteiger partial charge on any atom is -0.386 e. The molecule has 1 fully saturated rings. The molecule has 0 aliphatic carbocycles. The number of anilines is 1. The number of aromatic nitrogens is 4. The van der Waals surface area contributed by atoms with E-state index in [-0.39, 0.29) is 30.2 Å². The van der Waals surface area contributed by atoms with Crippen LogP contribution < -0.4 is 5.73 Å². The fourth-order valence-corrected chi connectivity index (χ4v) is 6.18. The van der Waals surface area contributed by atoms with E-state index >= 15 is 0 Å². The summed E-state index contributed by atoms with van der Waals surface area (Å²) in [7, 11) is -16.9. The van der Waals surface area contributed by atoms with E-state index in [0.717, 1.165) is 6.33 Å². The molecule has 2 aromatic rings. The average Bonchev–Trinajstić information content (AvgIpc) is 3.20. The molecule has 0 aromatic carbocycles. The van der Waals surface area contributed by atoms with E-state index in [0.29, 0.717) is 0 Å². The summed E-state index contributed by atoms with van der Waals surface area (Å²) >= 11 is 0. The lowest BCUT2D eigenvalue weighted by atomic mass is 10.1. The maximum atomic E-state index is 12.3. The second kappa shape index (κ2) is 9.71. The van der Waals surface area contributed by atoms with E-state index < -0.39 is 48.0 Å². The SMILES string of the molecule is CCOC[C@H]1O[C@@H](n2cnc3c(N)ncnc32)[C@H](O)[C@@H]1OP(=O)(O)OP(=O)(O)OP(=O)(O)O. The van der Waals surface area contributed by atoms with Gasteiger partial charge < -0.3 is 39.9 Å². The highest BCUT2D eigenvalue weighted by atomic mass is 31.3. The van der Waals surface area contributed by atoms with Crippen molar-refractivity contribution >= 4 is 40.4 Å². The quantitative estimate of drug-likeness (QED) is 0.208. The van der Waals surface area contributed by atoms with Crippen LogP contribution in [0.5, 0.6) is 0 Å². The third kappa shape index (κ3) is 6.41. The lowest BCUT2D eigenvalue weighted by Gasteiger charge is -2.23. The van der Waals surface area contributed by atoms with Crippen LogP contribution in [0, 0.1) is 0 Å². The Morgan fingerprint density at radius 2 is 1.82 bits per heavy atom. The van der Waals surface area contributed by atoms with Gasteiger partial charge >= 0.3 is 23.5 Å². The maximum Gasteiger partial charge on any atom is 0.490 e. The predicted octanol–water partition coefficient (Wildman–Crippen LogP) is -0.585. The number of phosphoric acid groups is 3. The van der Waals surface area contributed by atoms with E-state index in [9.17, 15) is 28.6 Å². The molecule has 18 nitrogen and oxygen atoms in total. The molecule has 0 amide bonds. The fraction of sp³-hybridized carbons (Fsp3) is 0.583. The van der Waals surface area contributed by atoms with Gasteiger partial charge in [0.25, 0.3) is 0 Å². The van der Waals surface area contributed by atoms with Crippen LogP contribution in [-0.4, -0.2) is 75.7 Å². The van der Waals surface area contributed by atoms with Crippen molar-refractivity contribution in [3.63, 3.8) is 0 Å². The highest BCUT2D eigenvalue weighted by Crippen LogP contribution is 2.67. The van der Waals surface area contributed by atoms with Gasteiger partial charge in [-0.1, -0.05) is 0 Å². The number of nitrogens with zero attached hydrogens (tertiary/aromatic N) is 4. The lowest BCUT2D eigenvalue weighted by Crippen LogP contribution is -2.36. The van der Waals surface area contributed by atoms with Crippen LogP contribution in [0.1, 0.15) is 13.2 Å². The summed E-state index contributed by atoms with van der Waals surface area (Å²) in [6, 6.07) is 0. The molecule has 0 spiro atoms. The first-order chi connectivity index (χ1) is 15.2. The molecule has 1 saturated heterocycles. The van der Waals surface area contributed by atoms with Gasteiger partial charge in [-0.25, -0.2) is 28.6 Å². The summed E-state index contributed by atoms with van der Waals surface area (Å²) in [5.41, 5.74) is 6.07. The van der Waals surface area contributed by atoms with Crippen LogP contribution in [0.4, 0.5) is 5.82 Å². The van der Waals surface area contributed by atoms with Gasteiger partial charge in [0.2, 0.25) is 0 Å². The predicted molar refractivity (Wildman–Crippen MR) is 105 cm³/mol. The van der Waals surface area contributed by atoms with Gasteiger partial charge in [-0.3, -0.25) is 9.09 Å². The van der Waals surface area contributed by atoms with Gasteiger partial charge in [0.1, 0.15) is 30.2 Å². The summed E-state index contributed by atoms with van der Waals surface area (Å²) in [6.45, 7) is 1.58. The number of rotatable bonds is 10. The van der Waals surface area contributed by atoms with Crippen molar-refractivity contribution in [1.29, 1.82) is 0 Å². The minimum atomic E-state index is -5.76. The standard InChI is InChI=1S/C12H20N5O13P3/c1-2-26-3-6-9(28-32(22,23)30-33(24,25)29-31(19,20)21)8(18)12(27-6)17-5-16-7-10(13)14-4-15-11(7)17/h4-6,8-9,12,18H,2-3H2,1H3,(H,22,23)(H,24,25)(H2,13,14,15)(H2,19,20,21)/t6-,8-,9-,12-/m1/s1. The largest absolute Gasteiger partial charge is 0.490 e. The topological polar surface area (TPSA) is 268 Å². The van der Waals surface area contributed by atoms with Crippen LogP contribution in [-0.2, 0) is 36.3 Å². The molecule has 3 rings (SSSR count). The Labute approximate surface area is 184 Å². The minimum absolute atomic E-state index is 0.0434. The normalized spacial score (nSPS) is 27.5. The highest BCUT2D eigenvalue weighted by molar-refractivity contribution is 7.66. The number of aliphatic hydroxyl groups is 1. The molecule has 6 atom stereocenters. The van der Waals surface area contributed by atoms with E-state index in [1.54, 1.807) is 6.92 Å². The number of imidazole rings is 1. The van der Waals surface area contributed by atoms with Gasteiger partial charge in [-0.15, -0.1) is 0 Å². The zero-order valence-corrected chi connectivity index (χ0v) is 19.3. The zero-order chi connectivity index (χ0) is 24.6. The van der Waals surface area contributed by atoms with Crippen molar-refractivity contribution in [3.05, 3.63) is 12.7 Å². The summed E-state index contributed by atoms with van der Waals surface area (Å²) in [5.74, 6) is 0.0434. The molecule has 0 bridgehead atoms. The third-order valence-corrected chi connectivity index (χ3v) is 7.96. The highest BCUT2D eigenvalue weighted by Gasteiger charge is 2.51. The number of ether oxygens (including phenoxy) is 2. The summed E-state index contributed by atoms with van der Waals surface area (Å²) in [4.78, 5) is 48.3. The summed E-state index contributed by atoms with van der Waals surface area (Å²) in [5, 5.41) is 10.8. The molecule has 2 aromatic heterocycles. The van der Waals surface area contributed by atoms with Crippen LogP contribution in [0.3, 0.4) is 0 Å². The molecule has 1 aliphatic rings. The van der Waals surface area contributed by atoms with Crippen molar-refractivity contribution in [1.82, 2.24) is 19.5 Å². The number of fused-ring (bicyclic) bond motifs is 1. The number of nitrogens with two attached hydrogens (primary N) is 1. The van der Waals surface area contributed by atoms with Gasteiger partial charge in [0, 0.05) is 6.61 Å². The Morgan fingerprint density at radius 1 is 1.12 bits per heavy atom. The van der Waals surface area contributed by atoms with Crippen molar-refractivity contribution in [2.75, 3.05) is 18.9 Å². The van der Waals surface area contributed by atoms with Crippen molar-refractivity contribution in [3.8, 4) is 0 Å². The average molecular weight is 535 g/mol. The Balaban J connectivity index is 1.86. The lowest BCUT2D eigenvalue weighted by molar-refractivity contribution is -0.0634. The van der Waals surface area contributed by atoms with Crippen molar-refractivity contribution < 1.29 is 61.0 Å². The van der Waals surface area contributed by atoms with Crippen LogP contribution >= 0.6 is 23.5 Å². The van der Waals surface area contributed by atoms with E-state index in [1.807, 2.05) is 0 Å². The molecular formula is C12H20N5O13P3. The Hall–Kier alpha value is -1.36. The second-order valence-electron chi connectivity index (χ2n) is 6.46. The third-order valence-electron chi connectivity index (χ3n) is 4.13. The Kier molecular flexibility index (Phi) is 7.73. The number of hydrogen-bond acceptors (Lipinski definition) is 13.